The Morgan fingerprint density at radius 2 is 2.04 bits per heavy atom. The van der Waals surface area contributed by atoms with Crippen molar-refractivity contribution in [2.75, 3.05) is 0 Å². The highest BCUT2D eigenvalue weighted by Gasteiger charge is 2.09. The molecule has 23 heavy (non-hydrogen) atoms. The predicted molar refractivity (Wildman–Crippen MR) is 100 cm³/mol. The van der Waals surface area contributed by atoms with Crippen LogP contribution in [0.5, 0.6) is 0 Å². The minimum absolute atomic E-state index is 0.215. The lowest BCUT2D eigenvalue weighted by Gasteiger charge is -1.98. The lowest BCUT2D eigenvalue weighted by molar-refractivity contribution is 0.815. The first-order valence-corrected chi connectivity index (χ1v) is 8.08. The quantitative estimate of drug-likeness (QED) is 0.404. The first-order valence-electron chi connectivity index (χ1n) is 7.00. The molecule has 0 radical (unpaired) electrons. The lowest BCUT2D eigenvalue weighted by Crippen LogP contribution is -2.17. The third kappa shape index (κ3) is 2.55. The molecule has 0 atom stereocenters. The molecule has 5 nitrogen and oxygen atoms in total. The number of halogens is 1. The van der Waals surface area contributed by atoms with Gasteiger partial charge in [0.15, 0.2) is 0 Å². The molecule has 112 valence electrons. The van der Waals surface area contributed by atoms with Crippen molar-refractivity contribution < 1.29 is 0 Å². The number of para-hydroxylation sites is 1. The summed E-state index contributed by atoms with van der Waals surface area (Å²) in [6, 6.07) is 15.6. The monoisotopic (exact) mass is 414 g/mol. The molecule has 0 aliphatic carbocycles. The smallest absolute Gasteiger partial charge is 0.298 e. The highest BCUT2D eigenvalue weighted by molar-refractivity contribution is 14.1. The Morgan fingerprint density at radius 3 is 2.91 bits per heavy atom. The average molecular weight is 414 g/mol. The van der Waals surface area contributed by atoms with Crippen LogP contribution in [0, 0.1) is 3.57 Å². The number of nitrogens with one attached hydrogen (secondary N) is 1. The molecule has 0 fully saturated rings. The Labute approximate surface area is 144 Å². The molecule has 0 saturated carbocycles. The van der Waals surface area contributed by atoms with Crippen LogP contribution in [-0.2, 0) is 0 Å². The zero-order valence-electron chi connectivity index (χ0n) is 11.9. The van der Waals surface area contributed by atoms with Crippen LogP contribution in [0.4, 0.5) is 0 Å². The number of benzene rings is 2. The molecule has 0 saturated heterocycles. The van der Waals surface area contributed by atoms with Crippen molar-refractivity contribution in [3.05, 3.63) is 74.3 Å². The van der Waals surface area contributed by atoms with Gasteiger partial charge in [0.2, 0.25) is 0 Å². The number of aromatic nitrogens is 3. The maximum atomic E-state index is 12.6. The van der Waals surface area contributed by atoms with Gasteiger partial charge in [0.05, 0.1) is 6.21 Å². The largest absolute Gasteiger partial charge is 0.349 e. The first-order chi connectivity index (χ1) is 11.2. The van der Waals surface area contributed by atoms with E-state index in [2.05, 4.69) is 37.7 Å². The van der Waals surface area contributed by atoms with Gasteiger partial charge in [-0.25, -0.2) is 4.98 Å². The van der Waals surface area contributed by atoms with Crippen molar-refractivity contribution in [3.63, 3.8) is 0 Å². The summed E-state index contributed by atoms with van der Waals surface area (Å²) in [5.74, 6) is 0. The molecule has 0 aliphatic heterocycles. The van der Waals surface area contributed by atoms with E-state index in [1.807, 2.05) is 48.5 Å². The molecule has 0 amide bonds. The third-order valence-electron chi connectivity index (χ3n) is 3.58. The van der Waals surface area contributed by atoms with Crippen LogP contribution < -0.4 is 5.56 Å². The van der Waals surface area contributed by atoms with Gasteiger partial charge in [0, 0.05) is 14.5 Å². The van der Waals surface area contributed by atoms with Gasteiger partial charge in [-0.1, -0.05) is 30.3 Å². The van der Waals surface area contributed by atoms with E-state index in [-0.39, 0.29) is 5.56 Å². The molecule has 0 spiro atoms. The maximum absolute atomic E-state index is 12.6. The molecular formula is C17H11IN4O. The van der Waals surface area contributed by atoms with Gasteiger partial charge in [-0.2, -0.15) is 9.78 Å². The zero-order valence-corrected chi connectivity index (χ0v) is 14.1. The van der Waals surface area contributed by atoms with Gasteiger partial charge in [0.25, 0.3) is 5.56 Å². The number of fused-ring (bicyclic) bond motifs is 3. The number of hydrogen-bond donors (Lipinski definition) is 1. The van der Waals surface area contributed by atoms with E-state index in [9.17, 15) is 4.79 Å². The van der Waals surface area contributed by atoms with Crippen LogP contribution in [-0.4, -0.2) is 20.9 Å². The molecule has 6 heteroatoms. The fraction of sp³-hybridized carbons (Fsp3) is 0. The van der Waals surface area contributed by atoms with Crippen molar-refractivity contribution in [2.24, 2.45) is 5.10 Å². The van der Waals surface area contributed by atoms with Gasteiger partial charge >= 0.3 is 0 Å². The Hall–Kier alpha value is -2.48. The van der Waals surface area contributed by atoms with Crippen molar-refractivity contribution in [1.29, 1.82) is 0 Å². The number of nitrogens with zero attached hydrogens (tertiary/aromatic N) is 3. The van der Waals surface area contributed by atoms with Crippen molar-refractivity contribution in [2.45, 2.75) is 0 Å². The minimum Gasteiger partial charge on any atom is -0.349 e. The number of H-pyrrole nitrogens is 1. The molecule has 2 aromatic heterocycles. The lowest BCUT2D eigenvalue weighted by atomic mass is 10.2. The van der Waals surface area contributed by atoms with Crippen LogP contribution in [0.2, 0.25) is 0 Å². The summed E-state index contributed by atoms with van der Waals surface area (Å²) in [7, 11) is 0. The van der Waals surface area contributed by atoms with Crippen LogP contribution in [0.25, 0.3) is 21.9 Å². The Morgan fingerprint density at radius 1 is 1.17 bits per heavy atom. The zero-order chi connectivity index (χ0) is 15.8. The van der Waals surface area contributed by atoms with E-state index in [0.29, 0.717) is 11.0 Å². The molecule has 1 N–H and O–H groups in total. The molecule has 4 aromatic rings. The summed E-state index contributed by atoms with van der Waals surface area (Å²) in [5, 5.41) is 5.17. The highest BCUT2D eigenvalue weighted by Crippen LogP contribution is 2.20. The van der Waals surface area contributed by atoms with E-state index >= 15 is 0 Å². The number of hydrogen-bond acceptors (Lipinski definition) is 3. The number of rotatable bonds is 2. The summed E-state index contributed by atoms with van der Waals surface area (Å²) in [6.07, 6.45) is 3.11. The van der Waals surface area contributed by atoms with Gasteiger partial charge in [0.1, 0.15) is 17.4 Å². The van der Waals surface area contributed by atoms with Crippen LogP contribution >= 0.6 is 22.6 Å². The van der Waals surface area contributed by atoms with E-state index in [0.717, 1.165) is 20.0 Å². The molecule has 0 aliphatic rings. The van der Waals surface area contributed by atoms with E-state index in [1.165, 1.54) is 11.0 Å². The first kappa shape index (κ1) is 14.1. The van der Waals surface area contributed by atoms with E-state index < -0.39 is 0 Å². The number of aromatic amines is 1. The average Bonchev–Trinajstić information content (AvgIpc) is 2.94. The van der Waals surface area contributed by atoms with Gasteiger partial charge < -0.3 is 4.98 Å². The second-order valence-corrected chi connectivity index (χ2v) is 6.33. The summed E-state index contributed by atoms with van der Waals surface area (Å²) < 4.78 is 2.36. The SMILES string of the molecule is O=c1c2[nH]c3ccccc3c2ncn1/N=C/c1cccc(I)c1. The summed E-state index contributed by atoms with van der Waals surface area (Å²) in [4.78, 5) is 20.1. The normalized spacial score (nSPS) is 11.7. The molecule has 4 rings (SSSR count). The van der Waals surface area contributed by atoms with Crippen LogP contribution in [0.15, 0.2) is 64.8 Å². The summed E-state index contributed by atoms with van der Waals surface area (Å²) in [6.45, 7) is 0. The highest BCUT2D eigenvalue weighted by atomic mass is 127. The minimum atomic E-state index is -0.215. The van der Waals surface area contributed by atoms with E-state index in [1.54, 1.807) is 6.21 Å². The van der Waals surface area contributed by atoms with Crippen molar-refractivity contribution >= 4 is 50.7 Å². The standard InChI is InChI=1S/C17H11IN4O/c18-12-5-3-4-11(8-12)9-20-22-10-19-15-13-6-1-2-7-14(13)21-16(15)17(22)23/h1-10,21H/b20-9+. The van der Waals surface area contributed by atoms with Crippen LogP contribution in [0.3, 0.4) is 0 Å². The summed E-state index contributed by atoms with van der Waals surface area (Å²) in [5.41, 5.74) is 2.75. The molecular weight excluding hydrogens is 403 g/mol. The maximum Gasteiger partial charge on any atom is 0.298 e. The fourth-order valence-electron chi connectivity index (χ4n) is 2.49. The van der Waals surface area contributed by atoms with Crippen molar-refractivity contribution in [1.82, 2.24) is 14.6 Å². The fourth-order valence-corrected chi connectivity index (χ4v) is 3.06. The van der Waals surface area contributed by atoms with Gasteiger partial charge in [-0.3, -0.25) is 4.79 Å². The second-order valence-electron chi connectivity index (χ2n) is 5.09. The van der Waals surface area contributed by atoms with Gasteiger partial charge in [-0.15, -0.1) is 0 Å². The predicted octanol–water partition coefficient (Wildman–Crippen LogP) is 3.36. The Balaban J connectivity index is 1.83. The van der Waals surface area contributed by atoms with Crippen molar-refractivity contribution in [3.8, 4) is 0 Å². The molecule has 0 bridgehead atoms. The molecule has 2 aromatic carbocycles. The molecule has 0 unspecified atom stereocenters. The van der Waals surface area contributed by atoms with Crippen LogP contribution in [0.1, 0.15) is 5.56 Å². The Kier molecular flexibility index (Phi) is 3.45. The van der Waals surface area contributed by atoms with E-state index in [4.69, 9.17) is 0 Å². The second kappa shape index (κ2) is 5.62. The Bertz CT molecular complexity index is 1110. The van der Waals surface area contributed by atoms with Gasteiger partial charge in [-0.05, 0) is 46.4 Å². The topological polar surface area (TPSA) is 63.0 Å². The third-order valence-corrected chi connectivity index (χ3v) is 4.25. The molecule has 2 heterocycles. The summed E-state index contributed by atoms with van der Waals surface area (Å²) >= 11 is 2.24.